The predicted octanol–water partition coefficient (Wildman–Crippen LogP) is 9.10. The van der Waals surface area contributed by atoms with Gasteiger partial charge in [-0.15, -0.1) is 0 Å². The Hall–Kier alpha value is -5.35. The molecule has 1 N–H and O–H groups in total. The van der Waals surface area contributed by atoms with Crippen LogP contribution in [-0.4, -0.2) is 15.0 Å². The Kier molecular flexibility index (Phi) is 3.70. The molecule has 186 valence electrons. The highest BCUT2D eigenvalue weighted by Crippen LogP contribution is 2.47. The molecule has 0 spiro atoms. The van der Waals surface area contributed by atoms with Crippen LogP contribution in [0.2, 0.25) is 0 Å². The van der Waals surface area contributed by atoms with E-state index in [0.717, 1.165) is 17.2 Å². The maximum Gasteiger partial charge on any atom is 0.141 e. The van der Waals surface area contributed by atoms with Gasteiger partial charge < -0.3 is 9.88 Å². The fraction of sp³-hybridized carbons (Fsp3) is 0.0278. The van der Waals surface area contributed by atoms with Crippen LogP contribution in [-0.2, 0) is 0 Å². The van der Waals surface area contributed by atoms with Crippen LogP contribution < -0.4 is 5.32 Å². The van der Waals surface area contributed by atoms with Crippen LogP contribution in [0.5, 0.6) is 0 Å². The summed E-state index contributed by atoms with van der Waals surface area (Å²) >= 11 is 0. The van der Waals surface area contributed by atoms with Crippen LogP contribution in [0.15, 0.2) is 126 Å². The molecule has 10 rings (SSSR count). The lowest BCUT2D eigenvalue weighted by Crippen LogP contribution is -2.24. The minimum atomic E-state index is 0.0418. The molecule has 2 aliphatic rings. The lowest BCUT2D eigenvalue weighted by atomic mass is 10.0. The second kappa shape index (κ2) is 7.19. The largest absolute Gasteiger partial charge is 0.370 e. The summed E-state index contributed by atoms with van der Waals surface area (Å²) < 4.78 is 4.83. The van der Waals surface area contributed by atoms with Gasteiger partial charge in [0.05, 0.1) is 33.4 Å². The topological polar surface area (TPSA) is 34.2 Å². The Morgan fingerprint density at radius 1 is 0.575 bits per heavy atom. The fourth-order valence-electron chi connectivity index (χ4n) is 7.19. The molecule has 0 fully saturated rings. The number of nitrogens with zero attached hydrogens (tertiary/aromatic N) is 3. The maximum absolute atomic E-state index is 5.23. The third-order valence-corrected chi connectivity index (χ3v) is 8.85. The van der Waals surface area contributed by atoms with Crippen molar-refractivity contribution in [2.75, 3.05) is 5.32 Å². The zero-order valence-corrected chi connectivity index (χ0v) is 21.5. The zero-order chi connectivity index (χ0) is 25.9. The summed E-state index contributed by atoms with van der Waals surface area (Å²) in [4.78, 5) is 5.23. The summed E-state index contributed by atoms with van der Waals surface area (Å²) in [5, 5.41) is 11.4. The van der Waals surface area contributed by atoms with E-state index < -0.39 is 0 Å². The van der Waals surface area contributed by atoms with Gasteiger partial charge in [0.15, 0.2) is 0 Å². The lowest BCUT2D eigenvalue weighted by Gasteiger charge is -2.23. The van der Waals surface area contributed by atoms with Crippen molar-refractivity contribution in [1.82, 2.24) is 9.13 Å². The summed E-state index contributed by atoms with van der Waals surface area (Å²) in [6.07, 6.45) is 0. The molecule has 6 aromatic carbocycles. The number of para-hydroxylation sites is 4. The number of fused-ring (bicyclic) bond motifs is 12. The van der Waals surface area contributed by atoms with E-state index in [1.807, 2.05) is 0 Å². The van der Waals surface area contributed by atoms with Crippen molar-refractivity contribution < 1.29 is 0 Å². The summed E-state index contributed by atoms with van der Waals surface area (Å²) in [6, 6.07) is 43.9. The van der Waals surface area contributed by atoms with Crippen molar-refractivity contribution in [3.63, 3.8) is 0 Å². The Labute approximate surface area is 229 Å². The van der Waals surface area contributed by atoms with Gasteiger partial charge in [0, 0.05) is 32.8 Å². The Balaban J connectivity index is 1.40. The van der Waals surface area contributed by atoms with Crippen molar-refractivity contribution in [3.05, 3.63) is 127 Å². The van der Waals surface area contributed by atoms with Gasteiger partial charge in [0.2, 0.25) is 0 Å². The quantitative estimate of drug-likeness (QED) is 0.235. The zero-order valence-electron chi connectivity index (χ0n) is 21.5. The highest BCUT2D eigenvalue weighted by molar-refractivity contribution is 6.28. The summed E-state index contributed by atoms with van der Waals surface area (Å²) in [7, 11) is 0. The molecule has 4 heterocycles. The Bertz CT molecular complexity index is 2410. The van der Waals surface area contributed by atoms with E-state index in [1.54, 1.807) is 0 Å². The van der Waals surface area contributed by atoms with Crippen molar-refractivity contribution in [2.24, 2.45) is 4.99 Å². The van der Waals surface area contributed by atoms with Crippen LogP contribution in [0, 0.1) is 0 Å². The van der Waals surface area contributed by atoms with Gasteiger partial charge in [0.25, 0.3) is 0 Å². The summed E-state index contributed by atoms with van der Waals surface area (Å²) in [5.74, 6) is 1.05. The number of anilines is 1. The van der Waals surface area contributed by atoms with Gasteiger partial charge in [-0.2, -0.15) is 0 Å². The Morgan fingerprint density at radius 2 is 1.35 bits per heavy atom. The van der Waals surface area contributed by atoms with E-state index in [4.69, 9.17) is 4.99 Å². The fourth-order valence-corrected chi connectivity index (χ4v) is 7.19. The van der Waals surface area contributed by atoms with Gasteiger partial charge in [-0.3, -0.25) is 4.57 Å². The van der Waals surface area contributed by atoms with E-state index in [1.165, 1.54) is 65.6 Å². The molecule has 0 amide bonds. The smallest absolute Gasteiger partial charge is 0.141 e. The molecule has 40 heavy (non-hydrogen) atoms. The number of aliphatic imine (C=N–C) groups is 1. The molecule has 0 bridgehead atoms. The van der Waals surface area contributed by atoms with Crippen molar-refractivity contribution in [3.8, 4) is 5.69 Å². The van der Waals surface area contributed by atoms with Gasteiger partial charge in [-0.05, 0) is 53.2 Å². The van der Waals surface area contributed by atoms with E-state index in [2.05, 4.69) is 136 Å². The van der Waals surface area contributed by atoms with Crippen LogP contribution >= 0.6 is 0 Å². The highest BCUT2D eigenvalue weighted by Gasteiger charge is 2.36. The first kappa shape index (κ1) is 20.6. The van der Waals surface area contributed by atoms with Gasteiger partial charge in [-0.25, -0.2) is 4.99 Å². The number of hydrogen-bond acceptors (Lipinski definition) is 2. The molecule has 0 saturated carbocycles. The van der Waals surface area contributed by atoms with Crippen LogP contribution in [0.3, 0.4) is 0 Å². The number of rotatable bonds is 1. The van der Waals surface area contributed by atoms with Gasteiger partial charge >= 0.3 is 0 Å². The molecule has 1 unspecified atom stereocenters. The third-order valence-electron chi connectivity index (χ3n) is 8.85. The third kappa shape index (κ3) is 2.45. The molecule has 0 saturated heterocycles. The molecule has 4 nitrogen and oxygen atoms in total. The van der Waals surface area contributed by atoms with E-state index in [-0.39, 0.29) is 6.04 Å². The van der Waals surface area contributed by atoms with Crippen molar-refractivity contribution >= 4 is 71.6 Å². The molecule has 8 aromatic rings. The van der Waals surface area contributed by atoms with Crippen LogP contribution in [0.25, 0.3) is 60.1 Å². The molecule has 2 aromatic heterocycles. The Morgan fingerprint density at radius 3 is 2.30 bits per heavy atom. The second-order valence-corrected chi connectivity index (χ2v) is 10.9. The average molecular weight is 511 g/mol. The number of benzene rings is 6. The highest BCUT2D eigenvalue weighted by atomic mass is 15.2. The first-order valence-corrected chi connectivity index (χ1v) is 13.8. The minimum absolute atomic E-state index is 0.0418. The first-order chi connectivity index (χ1) is 19.8. The molecule has 4 heteroatoms. The molecule has 1 atom stereocenters. The minimum Gasteiger partial charge on any atom is -0.370 e. The van der Waals surface area contributed by atoms with E-state index in [0.29, 0.717) is 0 Å². The van der Waals surface area contributed by atoms with Crippen LogP contribution in [0.4, 0.5) is 11.4 Å². The predicted molar refractivity (Wildman–Crippen MR) is 167 cm³/mol. The molecule has 0 aliphatic carbocycles. The molecule has 2 aliphatic heterocycles. The molecular weight excluding hydrogens is 488 g/mol. The monoisotopic (exact) mass is 510 g/mol. The summed E-state index contributed by atoms with van der Waals surface area (Å²) in [6.45, 7) is 0. The average Bonchev–Trinajstić information content (AvgIpc) is 3.63. The van der Waals surface area contributed by atoms with E-state index >= 15 is 0 Å². The standard InChI is InChI=1S/C36H22N4/c1-2-10-22(11-3-1)39-30-18-17-21-9-4-5-12-23(21)33(30)27-20-31-26(19-32(27)39)24-13-8-14-25-34-36(40(31)35(24)25)38-29-16-7-6-15-28(29)37-34/h1-20,34,37H. The van der Waals surface area contributed by atoms with Crippen molar-refractivity contribution in [1.29, 1.82) is 0 Å². The van der Waals surface area contributed by atoms with Crippen molar-refractivity contribution in [2.45, 2.75) is 6.04 Å². The normalized spacial score (nSPS) is 15.6. The number of aromatic nitrogens is 2. The number of hydrogen-bond donors (Lipinski definition) is 1. The lowest BCUT2D eigenvalue weighted by molar-refractivity contribution is 1.02. The maximum atomic E-state index is 5.23. The van der Waals surface area contributed by atoms with Crippen LogP contribution in [0.1, 0.15) is 11.6 Å². The van der Waals surface area contributed by atoms with Gasteiger partial charge in [0.1, 0.15) is 11.9 Å². The number of nitrogens with one attached hydrogen (secondary N) is 1. The SMILES string of the molecule is c1ccc(-n2c3cc4c5cccc6c5n(c4cc3c3c4ccccc4ccc32)C2=Nc3ccccc3NC26)cc1. The first-order valence-electron chi connectivity index (χ1n) is 13.8. The molecule has 0 radical (unpaired) electrons. The van der Waals surface area contributed by atoms with E-state index in [9.17, 15) is 0 Å². The molecular formula is C36H22N4. The summed E-state index contributed by atoms with van der Waals surface area (Å²) in [5.41, 5.74) is 9.45. The second-order valence-electron chi connectivity index (χ2n) is 10.9. The van der Waals surface area contributed by atoms with Gasteiger partial charge in [-0.1, -0.05) is 78.9 Å².